The number of aldehydes is 1. The average molecular weight is 322 g/mol. The van der Waals surface area contributed by atoms with E-state index in [1.807, 2.05) is 0 Å². The van der Waals surface area contributed by atoms with E-state index in [4.69, 9.17) is 11.6 Å². The highest BCUT2D eigenvalue weighted by molar-refractivity contribution is 7.86. The Labute approximate surface area is 119 Å². The molecule has 0 radical (unpaired) electrons. The minimum Gasteiger partial charge on any atom is -0.294 e. The predicted molar refractivity (Wildman–Crippen MR) is 70.5 cm³/mol. The van der Waals surface area contributed by atoms with E-state index in [-0.39, 0.29) is 22.8 Å². The molecule has 20 heavy (non-hydrogen) atoms. The van der Waals surface area contributed by atoms with E-state index < -0.39 is 21.4 Å². The summed E-state index contributed by atoms with van der Waals surface area (Å²) in [6, 6.07) is 3.47. The van der Waals surface area contributed by atoms with Crippen molar-refractivity contribution < 1.29 is 22.2 Å². The van der Waals surface area contributed by atoms with E-state index in [1.165, 1.54) is 19.2 Å². The van der Waals surface area contributed by atoms with Crippen LogP contribution in [0.3, 0.4) is 0 Å². The topological polar surface area (TPSA) is 90.3 Å². The van der Waals surface area contributed by atoms with Crippen molar-refractivity contribution in [3.63, 3.8) is 0 Å². The first-order valence-corrected chi connectivity index (χ1v) is 7.11. The second kappa shape index (κ2) is 5.00. The zero-order valence-corrected chi connectivity index (χ0v) is 11.6. The van der Waals surface area contributed by atoms with Gasteiger partial charge in [-0.1, -0.05) is 11.6 Å². The lowest BCUT2D eigenvalue weighted by Crippen LogP contribution is -2.47. The first-order valence-electron chi connectivity index (χ1n) is 5.23. The summed E-state index contributed by atoms with van der Waals surface area (Å²) in [6.07, 6.45) is 0.260. The second-order valence-corrected chi connectivity index (χ2v) is 5.84. The van der Waals surface area contributed by atoms with E-state index >= 15 is 0 Å². The van der Waals surface area contributed by atoms with Gasteiger partial charge in [0.05, 0.1) is 5.69 Å². The van der Waals surface area contributed by atoms with Crippen LogP contribution in [0.2, 0.25) is 5.02 Å². The molecular formula is C10H9ClFN3O4S. The van der Waals surface area contributed by atoms with Gasteiger partial charge in [0.1, 0.15) is 5.82 Å². The molecule has 10 heteroatoms. The summed E-state index contributed by atoms with van der Waals surface area (Å²) in [6.45, 7) is 0. The first kappa shape index (κ1) is 14.7. The van der Waals surface area contributed by atoms with Crippen LogP contribution >= 0.6 is 11.6 Å². The summed E-state index contributed by atoms with van der Waals surface area (Å²) in [5, 5.41) is 4.59. The normalized spacial score (nSPS) is 19.2. The molecule has 0 bridgehead atoms. The van der Waals surface area contributed by atoms with Crippen LogP contribution < -0.4 is 4.90 Å². The van der Waals surface area contributed by atoms with Gasteiger partial charge in [-0.25, -0.2) is 4.39 Å². The smallest absolute Gasteiger partial charge is 0.294 e. The average Bonchev–Trinajstić information content (AvgIpc) is 2.65. The molecule has 1 unspecified atom stereocenters. The molecule has 1 aromatic rings. The molecule has 1 aromatic carbocycles. The van der Waals surface area contributed by atoms with Crippen LogP contribution in [0.4, 0.5) is 10.1 Å². The van der Waals surface area contributed by atoms with E-state index in [2.05, 4.69) is 5.10 Å². The van der Waals surface area contributed by atoms with Gasteiger partial charge in [0.2, 0.25) is 0 Å². The SMILES string of the molecule is CN1N=C(C=O)N(c2ccc(Cl)cc2F)C1S(=O)(=O)O. The Bertz CT molecular complexity index is 694. The zero-order chi connectivity index (χ0) is 15.1. The molecule has 1 N–H and O–H groups in total. The number of halogens is 2. The number of hydrogen-bond donors (Lipinski definition) is 1. The van der Waals surface area contributed by atoms with E-state index in [9.17, 15) is 22.2 Å². The van der Waals surface area contributed by atoms with Gasteiger partial charge >= 0.3 is 10.1 Å². The van der Waals surface area contributed by atoms with Crippen LogP contribution in [-0.4, -0.2) is 42.6 Å². The van der Waals surface area contributed by atoms with E-state index in [1.54, 1.807) is 0 Å². The summed E-state index contributed by atoms with van der Waals surface area (Å²) in [4.78, 5) is 11.7. The highest BCUT2D eigenvalue weighted by Crippen LogP contribution is 2.30. The lowest BCUT2D eigenvalue weighted by molar-refractivity contribution is -0.102. The number of hydrazone groups is 1. The maximum absolute atomic E-state index is 13.9. The van der Waals surface area contributed by atoms with Crippen molar-refractivity contribution in [3.8, 4) is 0 Å². The first-order chi connectivity index (χ1) is 9.25. The summed E-state index contributed by atoms with van der Waals surface area (Å²) in [5.41, 5.74) is -1.97. The van der Waals surface area contributed by atoms with Gasteiger partial charge in [0.15, 0.2) is 12.1 Å². The fraction of sp³-hybridized carbons (Fsp3) is 0.200. The van der Waals surface area contributed by atoms with Crippen molar-refractivity contribution in [2.45, 2.75) is 5.50 Å². The van der Waals surface area contributed by atoms with Crippen molar-refractivity contribution in [1.29, 1.82) is 0 Å². The van der Waals surface area contributed by atoms with Crippen LogP contribution in [0.25, 0.3) is 0 Å². The van der Waals surface area contributed by atoms with E-state index in [0.29, 0.717) is 0 Å². The molecule has 0 amide bonds. The third kappa shape index (κ3) is 2.47. The predicted octanol–water partition coefficient (Wildman–Crippen LogP) is 0.915. The largest absolute Gasteiger partial charge is 0.307 e. The lowest BCUT2D eigenvalue weighted by atomic mass is 10.2. The third-order valence-corrected chi connectivity index (χ3v) is 3.87. The maximum Gasteiger partial charge on any atom is 0.307 e. The summed E-state index contributed by atoms with van der Waals surface area (Å²) in [5.74, 6) is -1.20. The van der Waals surface area contributed by atoms with Gasteiger partial charge in [0, 0.05) is 12.1 Å². The summed E-state index contributed by atoms with van der Waals surface area (Å²) in [7, 11) is -3.41. The fourth-order valence-electron chi connectivity index (χ4n) is 1.86. The Balaban J connectivity index is 2.60. The Hall–Kier alpha value is -1.71. The van der Waals surface area contributed by atoms with Crippen LogP contribution in [0, 0.1) is 5.82 Å². The lowest BCUT2D eigenvalue weighted by Gasteiger charge is -2.26. The molecule has 2 rings (SSSR count). The molecular weight excluding hydrogens is 313 g/mol. The molecule has 0 saturated carbocycles. The number of amidine groups is 1. The second-order valence-electron chi connectivity index (χ2n) is 3.96. The fourth-order valence-corrected chi connectivity index (χ4v) is 2.94. The van der Waals surface area contributed by atoms with Gasteiger partial charge < -0.3 is 0 Å². The van der Waals surface area contributed by atoms with Gasteiger partial charge in [-0.05, 0) is 18.2 Å². The molecule has 1 heterocycles. The molecule has 1 aliphatic rings. The standard InChI is InChI=1S/C10H9ClFN3O4S/c1-14-10(20(17,18)19)15(9(5-16)13-14)8-3-2-6(11)4-7(8)12/h2-5,10H,1H3,(H,17,18,19). The summed E-state index contributed by atoms with van der Waals surface area (Å²) < 4.78 is 45.9. The van der Waals surface area contributed by atoms with Gasteiger partial charge in [-0.2, -0.15) is 13.5 Å². The van der Waals surface area contributed by atoms with Gasteiger partial charge in [0.25, 0.3) is 5.50 Å². The Morgan fingerprint density at radius 3 is 2.65 bits per heavy atom. The van der Waals surface area contributed by atoms with Crippen molar-refractivity contribution in [3.05, 3.63) is 29.0 Å². The van der Waals surface area contributed by atoms with E-state index in [0.717, 1.165) is 16.0 Å². The highest BCUT2D eigenvalue weighted by atomic mass is 35.5. The Kier molecular flexibility index (Phi) is 3.67. The molecule has 0 aliphatic carbocycles. The Morgan fingerprint density at radius 1 is 1.50 bits per heavy atom. The number of carbonyl (C=O) groups is 1. The zero-order valence-electron chi connectivity index (χ0n) is 10.1. The quantitative estimate of drug-likeness (QED) is 0.657. The third-order valence-electron chi connectivity index (χ3n) is 2.59. The van der Waals surface area contributed by atoms with Crippen LogP contribution in [0.15, 0.2) is 23.3 Å². The van der Waals surface area contributed by atoms with Crippen LogP contribution in [0.1, 0.15) is 0 Å². The minimum absolute atomic E-state index is 0.104. The van der Waals surface area contributed by atoms with Crippen molar-refractivity contribution in [1.82, 2.24) is 5.01 Å². The number of rotatable bonds is 3. The van der Waals surface area contributed by atoms with Crippen molar-refractivity contribution in [2.24, 2.45) is 5.10 Å². The number of nitrogens with zero attached hydrogens (tertiary/aromatic N) is 3. The maximum atomic E-state index is 13.9. The van der Waals surface area contributed by atoms with Gasteiger partial charge in [-0.3, -0.25) is 19.3 Å². The molecule has 108 valence electrons. The molecule has 0 aromatic heterocycles. The van der Waals surface area contributed by atoms with Crippen molar-refractivity contribution >= 4 is 39.5 Å². The van der Waals surface area contributed by atoms with Crippen LogP contribution in [0.5, 0.6) is 0 Å². The number of benzene rings is 1. The van der Waals surface area contributed by atoms with Gasteiger partial charge in [-0.15, -0.1) is 0 Å². The summed E-state index contributed by atoms with van der Waals surface area (Å²) >= 11 is 5.61. The highest BCUT2D eigenvalue weighted by Gasteiger charge is 2.42. The molecule has 0 fully saturated rings. The Morgan fingerprint density at radius 2 is 2.15 bits per heavy atom. The molecule has 0 saturated heterocycles. The molecule has 0 spiro atoms. The van der Waals surface area contributed by atoms with Crippen molar-refractivity contribution in [2.75, 3.05) is 11.9 Å². The number of anilines is 1. The molecule has 1 aliphatic heterocycles. The number of hydrogen-bond acceptors (Lipinski definition) is 6. The molecule has 1 atom stereocenters. The number of carbonyl (C=O) groups excluding carboxylic acids is 1. The monoisotopic (exact) mass is 321 g/mol. The van der Waals surface area contributed by atoms with Crippen LogP contribution in [-0.2, 0) is 14.9 Å². The molecule has 7 nitrogen and oxygen atoms in total. The minimum atomic E-state index is -4.64.